The van der Waals surface area contributed by atoms with Crippen LogP contribution in [-0.2, 0) is 9.59 Å². The number of benzene rings is 2. The van der Waals surface area contributed by atoms with Crippen molar-refractivity contribution in [2.75, 3.05) is 32.2 Å². The van der Waals surface area contributed by atoms with E-state index in [-0.39, 0.29) is 24.8 Å². The average Bonchev–Trinajstić information content (AvgIpc) is 3.30. The highest BCUT2D eigenvalue weighted by molar-refractivity contribution is 6.06. The van der Waals surface area contributed by atoms with Crippen LogP contribution in [0, 0.1) is 0 Å². The summed E-state index contributed by atoms with van der Waals surface area (Å²) in [5.41, 5.74) is 1.03. The van der Waals surface area contributed by atoms with Crippen LogP contribution in [0.5, 0.6) is 11.5 Å². The second-order valence-corrected chi connectivity index (χ2v) is 7.20. The number of carboxylic acids is 1. The van der Waals surface area contributed by atoms with Crippen LogP contribution in [0.3, 0.4) is 0 Å². The first-order valence-electron chi connectivity index (χ1n) is 10.1. The van der Waals surface area contributed by atoms with Gasteiger partial charge < -0.3 is 24.4 Å². The summed E-state index contributed by atoms with van der Waals surface area (Å²) in [5.74, 6) is -0.561. The van der Waals surface area contributed by atoms with Crippen LogP contribution in [0.25, 0.3) is 0 Å². The number of nitrogens with zero attached hydrogens (tertiary/aromatic N) is 2. The molecule has 1 atom stereocenters. The lowest BCUT2D eigenvalue weighted by molar-refractivity contribution is -0.148. The summed E-state index contributed by atoms with van der Waals surface area (Å²) in [6.07, 6.45) is 1.12. The summed E-state index contributed by atoms with van der Waals surface area (Å²) in [6.45, 7) is 0.518. The van der Waals surface area contributed by atoms with Crippen molar-refractivity contribution in [3.8, 4) is 11.5 Å². The van der Waals surface area contributed by atoms with Gasteiger partial charge in [0.1, 0.15) is 6.04 Å². The Bertz CT molecular complexity index is 946. The molecule has 164 valence electrons. The first-order valence-corrected chi connectivity index (χ1v) is 10.1. The van der Waals surface area contributed by atoms with Gasteiger partial charge in [-0.25, -0.2) is 4.79 Å². The number of carbonyl (C=O) groups excluding carboxylic acids is 2. The Morgan fingerprint density at radius 1 is 1.06 bits per heavy atom. The molecule has 1 N–H and O–H groups in total. The Morgan fingerprint density at radius 3 is 2.42 bits per heavy atom. The van der Waals surface area contributed by atoms with Crippen molar-refractivity contribution in [3.63, 3.8) is 0 Å². The monoisotopic (exact) mass is 426 g/mol. The van der Waals surface area contributed by atoms with Gasteiger partial charge >= 0.3 is 5.97 Å². The van der Waals surface area contributed by atoms with Crippen molar-refractivity contribution < 1.29 is 29.0 Å². The molecule has 8 nitrogen and oxygen atoms in total. The Balaban J connectivity index is 1.85. The molecule has 0 radical (unpaired) electrons. The molecule has 0 bridgehead atoms. The van der Waals surface area contributed by atoms with Gasteiger partial charge in [0.15, 0.2) is 11.5 Å². The second-order valence-electron chi connectivity index (χ2n) is 7.20. The lowest BCUT2D eigenvalue weighted by Gasteiger charge is -2.26. The molecule has 1 aliphatic heterocycles. The number of carboxylic acid groups (broad SMARTS) is 1. The van der Waals surface area contributed by atoms with Crippen LogP contribution in [0.4, 0.5) is 5.69 Å². The number of aliphatic carboxylic acids is 1. The lowest BCUT2D eigenvalue weighted by atomic mass is 10.1. The quantitative estimate of drug-likeness (QED) is 0.697. The maximum atomic E-state index is 13.2. The first kappa shape index (κ1) is 22.1. The average molecular weight is 426 g/mol. The van der Waals surface area contributed by atoms with Crippen LogP contribution < -0.4 is 14.4 Å². The van der Waals surface area contributed by atoms with Crippen molar-refractivity contribution in [2.45, 2.75) is 25.3 Å². The van der Waals surface area contributed by atoms with Crippen LogP contribution in [-0.4, -0.2) is 61.1 Å². The summed E-state index contributed by atoms with van der Waals surface area (Å²) in [4.78, 5) is 40.3. The van der Waals surface area contributed by atoms with Gasteiger partial charge in [-0.1, -0.05) is 18.2 Å². The molecule has 1 aliphatic rings. The molecule has 3 rings (SSSR count). The number of amides is 2. The van der Waals surface area contributed by atoms with E-state index in [0.717, 1.165) is 0 Å². The van der Waals surface area contributed by atoms with Gasteiger partial charge in [0.2, 0.25) is 5.91 Å². The van der Waals surface area contributed by atoms with E-state index in [1.807, 2.05) is 6.07 Å². The third-order valence-corrected chi connectivity index (χ3v) is 5.35. The van der Waals surface area contributed by atoms with Crippen molar-refractivity contribution in [1.29, 1.82) is 0 Å². The van der Waals surface area contributed by atoms with E-state index in [9.17, 15) is 19.5 Å². The van der Waals surface area contributed by atoms with Crippen molar-refractivity contribution in [3.05, 3.63) is 54.1 Å². The number of hydrogen-bond donors (Lipinski definition) is 1. The molecule has 0 spiro atoms. The molecule has 31 heavy (non-hydrogen) atoms. The van der Waals surface area contributed by atoms with Crippen LogP contribution in [0.15, 0.2) is 48.5 Å². The normalized spacial score (nSPS) is 15.4. The van der Waals surface area contributed by atoms with E-state index in [1.165, 1.54) is 24.0 Å². The fourth-order valence-electron chi connectivity index (χ4n) is 3.75. The zero-order valence-corrected chi connectivity index (χ0v) is 17.6. The van der Waals surface area contributed by atoms with Gasteiger partial charge in [-0.05, 0) is 37.1 Å². The van der Waals surface area contributed by atoms with E-state index in [4.69, 9.17) is 9.47 Å². The predicted octanol–water partition coefficient (Wildman–Crippen LogP) is 2.82. The number of anilines is 1. The van der Waals surface area contributed by atoms with Gasteiger partial charge in [-0.15, -0.1) is 0 Å². The number of carbonyl (C=O) groups is 3. The zero-order valence-electron chi connectivity index (χ0n) is 17.6. The highest BCUT2D eigenvalue weighted by Gasteiger charge is 2.34. The topological polar surface area (TPSA) is 96.4 Å². The minimum atomic E-state index is -0.997. The summed E-state index contributed by atoms with van der Waals surface area (Å²) < 4.78 is 10.6. The minimum Gasteiger partial charge on any atom is -0.493 e. The molecule has 0 unspecified atom stereocenters. The fraction of sp³-hybridized carbons (Fsp3) is 0.348. The van der Waals surface area contributed by atoms with Crippen molar-refractivity contribution in [1.82, 2.24) is 4.90 Å². The molecule has 0 aromatic heterocycles. The SMILES string of the molecule is COc1ccc(N(CCC(=O)N2CCC[C@H]2C(=O)O)C(=O)c2ccccc2)cc1OC. The molecule has 1 saturated heterocycles. The van der Waals surface area contributed by atoms with E-state index < -0.39 is 12.0 Å². The van der Waals surface area contributed by atoms with Crippen LogP contribution >= 0.6 is 0 Å². The fourth-order valence-corrected chi connectivity index (χ4v) is 3.75. The summed E-state index contributed by atoms with van der Waals surface area (Å²) in [5, 5.41) is 9.35. The maximum Gasteiger partial charge on any atom is 0.326 e. The molecule has 1 heterocycles. The highest BCUT2D eigenvalue weighted by atomic mass is 16.5. The van der Waals surface area contributed by atoms with Crippen LogP contribution in [0.2, 0.25) is 0 Å². The number of likely N-dealkylation sites (tertiary alicyclic amines) is 1. The van der Waals surface area contributed by atoms with E-state index in [1.54, 1.807) is 42.5 Å². The molecule has 8 heteroatoms. The Morgan fingerprint density at radius 2 is 1.77 bits per heavy atom. The molecule has 2 aromatic rings. The van der Waals surface area contributed by atoms with Gasteiger partial charge in [0, 0.05) is 36.8 Å². The Labute approximate surface area is 181 Å². The molecule has 2 amide bonds. The lowest BCUT2D eigenvalue weighted by Crippen LogP contribution is -2.42. The smallest absolute Gasteiger partial charge is 0.326 e. The van der Waals surface area contributed by atoms with Crippen LogP contribution in [0.1, 0.15) is 29.6 Å². The van der Waals surface area contributed by atoms with E-state index in [0.29, 0.717) is 42.1 Å². The summed E-state index contributed by atoms with van der Waals surface area (Å²) in [7, 11) is 3.03. The summed E-state index contributed by atoms with van der Waals surface area (Å²) in [6, 6.07) is 13.1. The van der Waals surface area contributed by atoms with E-state index >= 15 is 0 Å². The molecular weight excluding hydrogens is 400 g/mol. The van der Waals surface area contributed by atoms with Gasteiger partial charge in [-0.3, -0.25) is 9.59 Å². The highest BCUT2D eigenvalue weighted by Crippen LogP contribution is 2.32. The standard InChI is InChI=1S/C23H26N2O6/c1-30-19-11-10-17(15-20(19)31-2)24(22(27)16-7-4-3-5-8-16)14-12-21(26)25-13-6-9-18(25)23(28)29/h3-5,7-8,10-11,15,18H,6,9,12-14H2,1-2H3,(H,28,29)/t18-/m0/s1. The third kappa shape index (κ3) is 4.96. The Hall–Kier alpha value is -3.55. The molecule has 0 aliphatic carbocycles. The molecular formula is C23H26N2O6. The second kappa shape index (κ2) is 9.97. The molecule has 1 fully saturated rings. The predicted molar refractivity (Wildman–Crippen MR) is 115 cm³/mol. The maximum absolute atomic E-state index is 13.2. The van der Waals surface area contributed by atoms with Gasteiger partial charge in [0.05, 0.1) is 14.2 Å². The minimum absolute atomic E-state index is 0.0106. The number of methoxy groups -OCH3 is 2. The Kier molecular flexibility index (Phi) is 7.12. The van der Waals surface area contributed by atoms with Crippen molar-refractivity contribution >= 4 is 23.5 Å². The van der Waals surface area contributed by atoms with Gasteiger partial charge in [-0.2, -0.15) is 0 Å². The van der Waals surface area contributed by atoms with Crippen molar-refractivity contribution in [2.24, 2.45) is 0 Å². The zero-order chi connectivity index (χ0) is 22.4. The number of ether oxygens (including phenoxy) is 2. The van der Waals surface area contributed by atoms with Gasteiger partial charge in [0.25, 0.3) is 5.91 Å². The number of hydrogen-bond acceptors (Lipinski definition) is 5. The number of rotatable bonds is 8. The molecule has 0 saturated carbocycles. The van der Waals surface area contributed by atoms with E-state index in [2.05, 4.69) is 0 Å². The molecule has 2 aromatic carbocycles. The third-order valence-electron chi connectivity index (χ3n) is 5.35. The largest absolute Gasteiger partial charge is 0.493 e. The summed E-state index contributed by atoms with van der Waals surface area (Å²) >= 11 is 0. The first-order chi connectivity index (χ1) is 15.0.